The third-order valence-corrected chi connectivity index (χ3v) is 5.07. The van der Waals surface area contributed by atoms with E-state index in [1.807, 2.05) is 46.8 Å². The highest BCUT2D eigenvalue weighted by Crippen LogP contribution is 2.11. The Kier molecular flexibility index (Phi) is 14.0. The molecule has 0 radical (unpaired) electrons. The molecular weight excluding hydrogens is 398 g/mol. The number of aromatic nitrogens is 1. The van der Waals surface area contributed by atoms with Crippen molar-refractivity contribution in [2.45, 2.75) is 52.7 Å². The molecule has 1 unspecified atom stereocenters. The number of hydrogen-bond donors (Lipinski definition) is 1. The van der Waals surface area contributed by atoms with E-state index in [2.05, 4.69) is 10.3 Å². The minimum atomic E-state index is 0.0417. The van der Waals surface area contributed by atoms with Crippen LogP contribution in [-0.2, 0) is 20.7 Å². The van der Waals surface area contributed by atoms with Crippen molar-refractivity contribution >= 4 is 36.2 Å². The molecule has 1 heterocycles. The van der Waals surface area contributed by atoms with Gasteiger partial charge < -0.3 is 15.0 Å². The molecule has 0 bridgehead atoms. The van der Waals surface area contributed by atoms with Crippen LogP contribution in [0.1, 0.15) is 39.0 Å². The molecule has 1 rings (SSSR count). The van der Waals surface area contributed by atoms with E-state index in [1.54, 1.807) is 23.8 Å². The summed E-state index contributed by atoms with van der Waals surface area (Å²) in [6.45, 7) is 11.3. The third-order valence-electron chi connectivity index (χ3n) is 3.67. The molecule has 0 aliphatic rings. The van der Waals surface area contributed by atoms with Gasteiger partial charge in [-0.15, -0.1) is 0 Å². The number of ether oxygens (including phenoxy) is 1. The van der Waals surface area contributed by atoms with Gasteiger partial charge in [0.05, 0.1) is 5.60 Å². The summed E-state index contributed by atoms with van der Waals surface area (Å²) in [5.74, 6) is 1.68. The van der Waals surface area contributed by atoms with Crippen molar-refractivity contribution in [1.29, 1.82) is 0 Å². The first-order valence-corrected chi connectivity index (χ1v) is 10.8. The molecule has 1 atom stereocenters. The average Bonchev–Trinajstić information content (AvgIpc) is 2.60. The van der Waals surface area contributed by atoms with Crippen molar-refractivity contribution < 1.29 is 14.3 Å². The van der Waals surface area contributed by atoms with Crippen molar-refractivity contribution in [3.8, 4) is 0 Å². The van der Waals surface area contributed by atoms with Gasteiger partial charge in [0.15, 0.2) is 0 Å². The average molecular weight is 432 g/mol. The Morgan fingerprint density at radius 1 is 1.32 bits per heavy atom. The van der Waals surface area contributed by atoms with E-state index in [9.17, 15) is 9.59 Å². The van der Waals surface area contributed by atoms with Crippen LogP contribution in [0.25, 0.3) is 0 Å². The van der Waals surface area contributed by atoms with Crippen molar-refractivity contribution in [1.82, 2.24) is 15.2 Å². The maximum Gasteiger partial charge on any atom is 0.209 e. The highest BCUT2D eigenvalue weighted by atomic mass is 35.5. The molecule has 1 aromatic heterocycles. The fraction of sp³-hybridized carbons (Fsp3) is 0.650. The zero-order valence-electron chi connectivity index (χ0n) is 17.8. The molecule has 0 spiro atoms. The van der Waals surface area contributed by atoms with Crippen molar-refractivity contribution in [2.24, 2.45) is 0 Å². The molecule has 0 saturated carbocycles. The topological polar surface area (TPSA) is 71.5 Å². The van der Waals surface area contributed by atoms with Crippen LogP contribution in [-0.4, -0.2) is 66.1 Å². The predicted octanol–water partition coefficient (Wildman–Crippen LogP) is 3.34. The van der Waals surface area contributed by atoms with Gasteiger partial charge in [0.25, 0.3) is 0 Å². The second-order valence-corrected chi connectivity index (χ2v) is 8.94. The smallest absolute Gasteiger partial charge is 0.209 e. The standard InChI is InChI=1S/C15H22ClN3O2S.C5H12O/c1-12-7-14(8-15(16)18-12)3-4-19(11-21)5-6-22-9-13(2)17-10-20;1-5(2,3)6-4/h7-8,10-11,13H,3-6,9H2,1-2H3,(H,17,20);1-4H3. The highest BCUT2D eigenvalue weighted by Gasteiger charge is 2.06. The van der Waals surface area contributed by atoms with Gasteiger partial charge in [-0.3, -0.25) is 9.59 Å². The minimum Gasteiger partial charge on any atom is -0.379 e. The van der Waals surface area contributed by atoms with Gasteiger partial charge >= 0.3 is 0 Å². The van der Waals surface area contributed by atoms with Gasteiger partial charge in [0.1, 0.15) is 5.15 Å². The van der Waals surface area contributed by atoms with Crippen LogP contribution in [0.4, 0.5) is 0 Å². The summed E-state index contributed by atoms with van der Waals surface area (Å²) in [6.07, 6.45) is 2.35. The number of halogens is 1. The molecule has 1 aromatic rings. The molecule has 0 aromatic carbocycles. The van der Waals surface area contributed by atoms with E-state index in [1.165, 1.54) is 0 Å². The number of methoxy groups -OCH3 is 1. The number of hydrogen-bond acceptors (Lipinski definition) is 5. The van der Waals surface area contributed by atoms with Gasteiger partial charge in [0.2, 0.25) is 12.8 Å². The largest absolute Gasteiger partial charge is 0.379 e. The first kappa shape index (κ1) is 26.7. The maximum absolute atomic E-state index is 11.1. The number of nitrogens with one attached hydrogen (secondary N) is 1. The van der Waals surface area contributed by atoms with E-state index in [-0.39, 0.29) is 11.6 Å². The Balaban J connectivity index is 0.00000105. The van der Waals surface area contributed by atoms with Gasteiger partial charge in [0, 0.05) is 43.4 Å². The van der Waals surface area contributed by atoms with Crippen LogP contribution >= 0.6 is 23.4 Å². The Morgan fingerprint density at radius 2 is 1.96 bits per heavy atom. The fourth-order valence-electron chi connectivity index (χ4n) is 1.94. The van der Waals surface area contributed by atoms with E-state index in [0.29, 0.717) is 24.7 Å². The Labute approximate surface area is 178 Å². The molecule has 8 heteroatoms. The number of carbonyl (C=O) groups is 2. The summed E-state index contributed by atoms with van der Waals surface area (Å²) >= 11 is 7.65. The van der Waals surface area contributed by atoms with Gasteiger partial charge in [-0.2, -0.15) is 11.8 Å². The van der Waals surface area contributed by atoms with Gasteiger partial charge in [-0.25, -0.2) is 4.98 Å². The first-order chi connectivity index (χ1) is 13.1. The molecule has 6 nitrogen and oxygen atoms in total. The second-order valence-electron chi connectivity index (χ2n) is 7.41. The van der Waals surface area contributed by atoms with Gasteiger partial charge in [-0.1, -0.05) is 11.6 Å². The van der Waals surface area contributed by atoms with E-state index >= 15 is 0 Å². The van der Waals surface area contributed by atoms with Gasteiger partial charge in [-0.05, 0) is 58.7 Å². The first-order valence-electron chi connectivity index (χ1n) is 9.26. The lowest BCUT2D eigenvalue weighted by atomic mass is 10.1. The lowest BCUT2D eigenvalue weighted by Crippen LogP contribution is -2.29. The van der Waals surface area contributed by atoms with Crippen LogP contribution < -0.4 is 5.32 Å². The maximum atomic E-state index is 11.1. The van der Waals surface area contributed by atoms with Crippen LogP contribution in [0.15, 0.2) is 12.1 Å². The minimum absolute atomic E-state index is 0.0417. The van der Waals surface area contributed by atoms with Crippen molar-refractivity contribution in [3.05, 3.63) is 28.5 Å². The number of carbonyl (C=O) groups excluding carboxylic acids is 2. The number of nitrogens with zero attached hydrogens (tertiary/aromatic N) is 2. The summed E-state index contributed by atoms with van der Waals surface area (Å²) in [7, 11) is 1.71. The second kappa shape index (κ2) is 14.7. The summed E-state index contributed by atoms with van der Waals surface area (Å²) in [6, 6.07) is 3.96. The Hall–Kier alpha value is -1.31. The SMILES string of the molecule is COC(C)(C)C.Cc1cc(CCN(C=O)CCSCC(C)NC=O)cc(Cl)n1. The van der Waals surface area contributed by atoms with Crippen LogP contribution in [0.3, 0.4) is 0 Å². The molecular formula is C20H34ClN3O3S. The molecule has 0 saturated heterocycles. The van der Waals surface area contributed by atoms with Crippen LogP contribution in [0.5, 0.6) is 0 Å². The Bertz CT molecular complexity index is 562. The quantitative estimate of drug-likeness (QED) is 0.330. The number of aryl methyl sites for hydroxylation is 1. The molecule has 2 amide bonds. The molecule has 0 aliphatic heterocycles. The van der Waals surface area contributed by atoms with E-state index in [0.717, 1.165) is 35.6 Å². The lowest BCUT2D eigenvalue weighted by molar-refractivity contribution is -0.117. The number of amides is 2. The number of thioether (sulfide) groups is 1. The predicted molar refractivity (Wildman–Crippen MR) is 118 cm³/mol. The molecule has 1 N–H and O–H groups in total. The fourth-order valence-corrected chi connectivity index (χ4v) is 3.19. The van der Waals surface area contributed by atoms with E-state index < -0.39 is 0 Å². The molecule has 160 valence electrons. The van der Waals surface area contributed by atoms with Crippen LogP contribution in [0, 0.1) is 6.92 Å². The molecule has 28 heavy (non-hydrogen) atoms. The third kappa shape index (κ3) is 14.7. The number of rotatable bonds is 11. The summed E-state index contributed by atoms with van der Waals surface area (Å²) in [5, 5.41) is 3.19. The van der Waals surface area contributed by atoms with E-state index in [4.69, 9.17) is 16.3 Å². The zero-order chi connectivity index (χ0) is 21.6. The van der Waals surface area contributed by atoms with Crippen LogP contribution in [0.2, 0.25) is 5.15 Å². The molecule has 0 fully saturated rings. The molecule has 0 aliphatic carbocycles. The zero-order valence-corrected chi connectivity index (χ0v) is 19.4. The number of pyridine rings is 1. The summed E-state index contributed by atoms with van der Waals surface area (Å²) in [4.78, 5) is 27.3. The normalized spacial score (nSPS) is 11.8. The summed E-state index contributed by atoms with van der Waals surface area (Å²) in [5.41, 5.74) is 2.01. The lowest BCUT2D eigenvalue weighted by Gasteiger charge is -2.18. The monoisotopic (exact) mass is 431 g/mol. The highest BCUT2D eigenvalue weighted by molar-refractivity contribution is 7.99. The van der Waals surface area contributed by atoms with Crippen molar-refractivity contribution in [2.75, 3.05) is 31.7 Å². The summed E-state index contributed by atoms with van der Waals surface area (Å²) < 4.78 is 4.94. The van der Waals surface area contributed by atoms with Crippen molar-refractivity contribution in [3.63, 3.8) is 0 Å². The Morgan fingerprint density at radius 3 is 2.46 bits per heavy atom.